The Morgan fingerprint density at radius 1 is 1.29 bits per heavy atom. The molecule has 72 valence electrons. The van der Waals surface area contributed by atoms with Crippen LogP contribution >= 0.6 is 0 Å². The molecule has 0 unspecified atom stereocenters. The molecule has 1 heterocycles. The maximum atomic E-state index is 12.6. The normalized spacial score (nSPS) is 10.4. The van der Waals surface area contributed by atoms with Crippen molar-refractivity contribution >= 4 is 0 Å². The summed E-state index contributed by atoms with van der Waals surface area (Å²) in [5.74, 6) is -0.218. The second kappa shape index (κ2) is 3.62. The zero-order valence-corrected chi connectivity index (χ0v) is 7.94. The van der Waals surface area contributed by atoms with Crippen molar-refractivity contribution in [3.8, 4) is 5.69 Å². The van der Waals surface area contributed by atoms with E-state index in [2.05, 4.69) is 11.9 Å². The van der Waals surface area contributed by atoms with Gasteiger partial charge in [-0.25, -0.2) is 9.37 Å². The summed E-state index contributed by atoms with van der Waals surface area (Å²) in [6, 6.07) is 6.36. The molecule has 2 aromatic rings. The zero-order valence-electron chi connectivity index (χ0n) is 7.94. The second-order valence-electron chi connectivity index (χ2n) is 3.10. The van der Waals surface area contributed by atoms with Gasteiger partial charge in [0, 0.05) is 11.9 Å². The smallest absolute Gasteiger partial charge is 0.123 e. The first-order chi connectivity index (χ1) is 6.79. The standard InChI is InChI=1S/C11H11FN2/c1-2-10-7-14(8-13-10)11-5-3-9(12)4-6-11/h3-8H,2H2,1H3. The van der Waals surface area contributed by atoms with Crippen LogP contribution in [0, 0.1) is 5.82 Å². The van der Waals surface area contributed by atoms with Crippen molar-refractivity contribution in [3.63, 3.8) is 0 Å². The van der Waals surface area contributed by atoms with Crippen LogP contribution in [0.15, 0.2) is 36.8 Å². The van der Waals surface area contributed by atoms with Crippen molar-refractivity contribution < 1.29 is 4.39 Å². The summed E-state index contributed by atoms with van der Waals surface area (Å²) in [5, 5.41) is 0. The van der Waals surface area contributed by atoms with Crippen LogP contribution in [-0.4, -0.2) is 9.55 Å². The van der Waals surface area contributed by atoms with Gasteiger partial charge in [0.2, 0.25) is 0 Å². The van der Waals surface area contributed by atoms with E-state index in [0.29, 0.717) is 0 Å². The van der Waals surface area contributed by atoms with Crippen LogP contribution in [-0.2, 0) is 6.42 Å². The third-order valence-electron chi connectivity index (χ3n) is 2.12. The van der Waals surface area contributed by atoms with Crippen LogP contribution in [0.5, 0.6) is 0 Å². The fraction of sp³-hybridized carbons (Fsp3) is 0.182. The molecule has 0 spiro atoms. The number of rotatable bonds is 2. The average Bonchev–Trinajstić information content (AvgIpc) is 2.67. The number of hydrogen-bond donors (Lipinski definition) is 0. The summed E-state index contributed by atoms with van der Waals surface area (Å²) in [6.45, 7) is 2.05. The zero-order chi connectivity index (χ0) is 9.97. The summed E-state index contributed by atoms with van der Waals surface area (Å²) >= 11 is 0. The lowest BCUT2D eigenvalue weighted by atomic mass is 10.3. The van der Waals surface area contributed by atoms with E-state index in [1.165, 1.54) is 12.1 Å². The van der Waals surface area contributed by atoms with Gasteiger partial charge >= 0.3 is 0 Å². The van der Waals surface area contributed by atoms with Crippen LogP contribution in [0.3, 0.4) is 0 Å². The molecule has 2 nitrogen and oxygen atoms in total. The maximum Gasteiger partial charge on any atom is 0.123 e. The van der Waals surface area contributed by atoms with Crippen molar-refractivity contribution in [2.24, 2.45) is 0 Å². The Hall–Kier alpha value is -1.64. The van der Waals surface area contributed by atoms with Crippen molar-refractivity contribution in [2.75, 3.05) is 0 Å². The molecule has 1 aromatic carbocycles. The molecular formula is C11H11FN2. The first-order valence-corrected chi connectivity index (χ1v) is 4.58. The van der Waals surface area contributed by atoms with Crippen molar-refractivity contribution in [3.05, 3.63) is 48.3 Å². The van der Waals surface area contributed by atoms with E-state index in [9.17, 15) is 4.39 Å². The minimum Gasteiger partial charge on any atom is -0.306 e. The number of imidazole rings is 1. The van der Waals surface area contributed by atoms with Crippen molar-refractivity contribution in [2.45, 2.75) is 13.3 Å². The number of hydrogen-bond acceptors (Lipinski definition) is 1. The minimum atomic E-state index is -0.218. The lowest BCUT2D eigenvalue weighted by molar-refractivity contribution is 0.627. The molecule has 0 aliphatic carbocycles. The highest BCUT2D eigenvalue weighted by Gasteiger charge is 1.98. The van der Waals surface area contributed by atoms with E-state index >= 15 is 0 Å². The van der Waals surface area contributed by atoms with Crippen LogP contribution in [0.2, 0.25) is 0 Å². The Labute approximate surface area is 82.0 Å². The number of nitrogens with zero attached hydrogens (tertiary/aromatic N) is 2. The highest BCUT2D eigenvalue weighted by atomic mass is 19.1. The summed E-state index contributed by atoms with van der Waals surface area (Å²) in [5.41, 5.74) is 1.97. The Kier molecular flexibility index (Phi) is 2.31. The monoisotopic (exact) mass is 190 g/mol. The van der Waals surface area contributed by atoms with Crippen LogP contribution in [0.25, 0.3) is 5.69 Å². The van der Waals surface area contributed by atoms with Crippen LogP contribution < -0.4 is 0 Å². The third kappa shape index (κ3) is 1.66. The Morgan fingerprint density at radius 2 is 2.00 bits per heavy atom. The minimum absolute atomic E-state index is 0.218. The van der Waals surface area contributed by atoms with Crippen molar-refractivity contribution in [1.82, 2.24) is 9.55 Å². The van der Waals surface area contributed by atoms with E-state index < -0.39 is 0 Å². The second-order valence-corrected chi connectivity index (χ2v) is 3.10. The molecule has 14 heavy (non-hydrogen) atoms. The fourth-order valence-corrected chi connectivity index (χ4v) is 1.30. The third-order valence-corrected chi connectivity index (χ3v) is 2.12. The average molecular weight is 190 g/mol. The van der Waals surface area contributed by atoms with Crippen molar-refractivity contribution in [1.29, 1.82) is 0 Å². The SMILES string of the molecule is CCc1cn(-c2ccc(F)cc2)cn1. The predicted octanol–water partition coefficient (Wildman–Crippen LogP) is 2.57. The number of aromatic nitrogens is 2. The van der Waals surface area contributed by atoms with E-state index in [4.69, 9.17) is 0 Å². The van der Waals surface area contributed by atoms with Crippen LogP contribution in [0.1, 0.15) is 12.6 Å². The van der Waals surface area contributed by atoms with E-state index in [-0.39, 0.29) is 5.82 Å². The molecule has 0 amide bonds. The molecular weight excluding hydrogens is 179 g/mol. The van der Waals surface area contributed by atoms with Gasteiger partial charge in [0.15, 0.2) is 0 Å². The lowest BCUT2D eigenvalue weighted by Crippen LogP contribution is -1.89. The molecule has 3 heteroatoms. The number of aryl methyl sites for hydroxylation is 1. The summed E-state index contributed by atoms with van der Waals surface area (Å²) < 4.78 is 14.5. The molecule has 0 saturated heterocycles. The molecule has 0 N–H and O–H groups in total. The van der Waals surface area contributed by atoms with Gasteiger partial charge in [0.05, 0.1) is 12.0 Å². The molecule has 0 saturated carbocycles. The van der Waals surface area contributed by atoms with Gasteiger partial charge in [-0.3, -0.25) is 0 Å². The van der Waals surface area contributed by atoms with Gasteiger partial charge in [0.1, 0.15) is 5.82 Å². The molecule has 0 radical (unpaired) electrons. The van der Waals surface area contributed by atoms with Gasteiger partial charge in [-0.1, -0.05) is 6.92 Å². The first kappa shape index (κ1) is 8.94. The number of halogens is 1. The van der Waals surface area contributed by atoms with Gasteiger partial charge < -0.3 is 4.57 Å². The van der Waals surface area contributed by atoms with Gasteiger partial charge in [-0.2, -0.15) is 0 Å². The van der Waals surface area contributed by atoms with Gasteiger partial charge in [-0.05, 0) is 30.7 Å². The number of benzene rings is 1. The molecule has 0 fully saturated rings. The van der Waals surface area contributed by atoms with E-state index in [1.807, 2.05) is 10.8 Å². The molecule has 0 aliphatic heterocycles. The molecule has 1 aromatic heterocycles. The lowest BCUT2D eigenvalue weighted by Gasteiger charge is -2.00. The molecule has 2 rings (SSSR count). The Morgan fingerprint density at radius 3 is 2.57 bits per heavy atom. The van der Waals surface area contributed by atoms with E-state index in [0.717, 1.165) is 17.8 Å². The van der Waals surface area contributed by atoms with Gasteiger partial charge in [-0.15, -0.1) is 0 Å². The predicted molar refractivity (Wildman–Crippen MR) is 52.9 cm³/mol. The molecule has 0 bridgehead atoms. The first-order valence-electron chi connectivity index (χ1n) is 4.58. The molecule has 0 atom stereocenters. The summed E-state index contributed by atoms with van der Waals surface area (Å²) in [6.07, 6.45) is 4.60. The topological polar surface area (TPSA) is 17.8 Å². The van der Waals surface area contributed by atoms with E-state index in [1.54, 1.807) is 18.5 Å². The maximum absolute atomic E-state index is 12.6. The highest BCUT2D eigenvalue weighted by Crippen LogP contribution is 2.09. The summed E-state index contributed by atoms with van der Waals surface area (Å²) in [7, 11) is 0. The van der Waals surface area contributed by atoms with Crippen LogP contribution in [0.4, 0.5) is 4.39 Å². The highest BCUT2D eigenvalue weighted by molar-refractivity contribution is 5.32. The Balaban J connectivity index is 2.34. The quantitative estimate of drug-likeness (QED) is 0.711. The largest absolute Gasteiger partial charge is 0.306 e. The summed E-state index contributed by atoms with van der Waals surface area (Å²) in [4.78, 5) is 4.20. The fourth-order valence-electron chi connectivity index (χ4n) is 1.30. The molecule has 0 aliphatic rings. The Bertz CT molecular complexity index is 417. The van der Waals surface area contributed by atoms with Gasteiger partial charge in [0.25, 0.3) is 0 Å².